The van der Waals surface area contributed by atoms with Gasteiger partial charge in [-0.15, -0.1) is 4.36 Å². The molecule has 1 saturated carbocycles. The second-order valence-electron chi connectivity index (χ2n) is 15.8. The largest absolute Gasteiger partial charge is 0.490 e. The third-order valence-corrected chi connectivity index (χ3v) is 13.9. The second-order valence-corrected chi connectivity index (χ2v) is 18.3. The lowest BCUT2D eigenvalue weighted by molar-refractivity contribution is 0.0131. The highest BCUT2D eigenvalue weighted by Crippen LogP contribution is 2.47. The maximum atomic E-state index is 14.7. The molecule has 1 fully saturated rings. The molecule has 1 unspecified atom stereocenters. The van der Waals surface area contributed by atoms with Gasteiger partial charge in [0.1, 0.15) is 21.4 Å². The normalized spacial score (nSPS) is 28.7. The molecular weight excluding hydrogens is 726 g/mol. The van der Waals surface area contributed by atoms with Crippen molar-refractivity contribution in [3.63, 3.8) is 0 Å². The number of carbonyl (C=O) groups excluding carboxylic acids is 3. The van der Waals surface area contributed by atoms with Crippen LogP contribution in [0.1, 0.15) is 81.4 Å². The summed E-state index contributed by atoms with van der Waals surface area (Å²) in [5.41, 5.74) is 3.72. The first-order valence-corrected chi connectivity index (χ1v) is 20.8. The van der Waals surface area contributed by atoms with Crippen LogP contribution in [0.25, 0.3) is 0 Å². The zero-order chi connectivity index (χ0) is 38.4. The van der Waals surface area contributed by atoms with Crippen molar-refractivity contribution in [3.8, 4) is 5.75 Å². The summed E-state index contributed by atoms with van der Waals surface area (Å²) in [6.45, 7) is 3.86. The van der Waals surface area contributed by atoms with Crippen LogP contribution in [-0.2, 0) is 33.5 Å². The third-order valence-electron chi connectivity index (χ3n) is 11.7. The molecule has 4 aliphatic rings. The molecule has 1 aromatic heterocycles. The van der Waals surface area contributed by atoms with E-state index in [1.54, 1.807) is 45.0 Å². The molecule has 0 saturated heterocycles. The Morgan fingerprint density at radius 2 is 1.96 bits per heavy atom. The average Bonchev–Trinajstić information content (AvgIpc) is 3.44. The van der Waals surface area contributed by atoms with Crippen LogP contribution in [0.15, 0.2) is 65.2 Å². The molecule has 2 aliphatic heterocycles. The number of aromatic nitrogens is 1. The van der Waals surface area contributed by atoms with Crippen molar-refractivity contribution < 1.29 is 28.1 Å². The molecule has 0 radical (unpaired) electrons. The number of anilines is 1. The third kappa shape index (κ3) is 7.57. The van der Waals surface area contributed by atoms with Crippen molar-refractivity contribution in [3.05, 3.63) is 93.8 Å². The van der Waals surface area contributed by atoms with E-state index in [0.29, 0.717) is 42.9 Å². The first-order valence-electron chi connectivity index (χ1n) is 18.8. The monoisotopic (exact) mass is 775 g/mol. The van der Waals surface area contributed by atoms with E-state index in [2.05, 4.69) is 38.3 Å². The van der Waals surface area contributed by atoms with E-state index in [9.17, 15) is 18.6 Å². The summed E-state index contributed by atoms with van der Waals surface area (Å²) in [6.07, 6.45) is 11.2. The molecule has 2 bridgehead atoms. The lowest BCUT2D eigenvalue weighted by Gasteiger charge is -2.46. The maximum absolute atomic E-state index is 14.7. The van der Waals surface area contributed by atoms with E-state index >= 15 is 0 Å². The van der Waals surface area contributed by atoms with Gasteiger partial charge in [0.2, 0.25) is 0 Å². The molecular formula is C41H50ClN5O6S. The highest BCUT2D eigenvalue weighted by Gasteiger charge is 2.44. The number of allylic oxidation sites excluding steroid dienone is 1. The van der Waals surface area contributed by atoms with Gasteiger partial charge in [-0.3, -0.25) is 19.1 Å². The number of ether oxygens (including phenoxy) is 2. The van der Waals surface area contributed by atoms with Crippen LogP contribution in [0.5, 0.6) is 5.75 Å². The van der Waals surface area contributed by atoms with Crippen LogP contribution in [0, 0.1) is 17.8 Å². The molecule has 54 heavy (non-hydrogen) atoms. The molecule has 11 nitrogen and oxygen atoms in total. The Labute approximate surface area is 323 Å². The minimum atomic E-state index is -3.63. The highest BCUT2D eigenvalue weighted by atomic mass is 35.5. The van der Waals surface area contributed by atoms with E-state index in [4.69, 9.17) is 21.1 Å². The van der Waals surface area contributed by atoms with E-state index in [1.807, 2.05) is 19.1 Å². The van der Waals surface area contributed by atoms with Crippen molar-refractivity contribution >= 4 is 44.9 Å². The Morgan fingerprint density at radius 1 is 1.15 bits per heavy atom. The average molecular weight is 776 g/mol. The fourth-order valence-corrected chi connectivity index (χ4v) is 10.8. The van der Waals surface area contributed by atoms with Gasteiger partial charge in [-0.05, 0) is 104 Å². The van der Waals surface area contributed by atoms with Crippen molar-refractivity contribution in [2.75, 3.05) is 51.6 Å². The number of nitrogens with zero attached hydrogens (tertiary/aromatic N) is 4. The Balaban J connectivity index is 1.28. The lowest BCUT2D eigenvalue weighted by atomic mass is 9.68. The van der Waals surface area contributed by atoms with Gasteiger partial charge < -0.3 is 23.8 Å². The number of halogens is 1. The van der Waals surface area contributed by atoms with Crippen LogP contribution in [-0.4, -0.2) is 84.2 Å². The van der Waals surface area contributed by atoms with Gasteiger partial charge in [-0.25, -0.2) is 4.21 Å². The zero-order valence-electron chi connectivity index (χ0n) is 31.7. The number of hydrogen-bond acceptors (Lipinski definition) is 7. The number of methoxy groups -OCH3 is 1. The zero-order valence-corrected chi connectivity index (χ0v) is 33.3. The topological polar surface area (TPSA) is 123 Å². The Morgan fingerprint density at radius 3 is 2.70 bits per heavy atom. The van der Waals surface area contributed by atoms with Gasteiger partial charge in [0.25, 0.3) is 17.7 Å². The summed E-state index contributed by atoms with van der Waals surface area (Å²) in [4.78, 5) is 44.2. The van der Waals surface area contributed by atoms with Crippen molar-refractivity contribution in [1.82, 2.24) is 14.2 Å². The van der Waals surface area contributed by atoms with E-state index in [1.165, 1.54) is 28.3 Å². The number of rotatable bonds is 4. The molecule has 3 heterocycles. The molecule has 3 aromatic rings. The number of amides is 3. The van der Waals surface area contributed by atoms with Crippen molar-refractivity contribution in [1.29, 1.82) is 0 Å². The summed E-state index contributed by atoms with van der Waals surface area (Å²) < 4.78 is 35.8. The minimum absolute atomic E-state index is 0.0546. The maximum Gasteiger partial charge on any atom is 0.286 e. The molecule has 3 amide bonds. The molecule has 6 atom stereocenters. The summed E-state index contributed by atoms with van der Waals surface area (Å²) in [5.74, 6) is -0.543. The smallest absolute Gasteiger partial charge is 0.286 e. The number of fused-ring (bicyclic) bond motifs is 4. The Bertz CT molecular complexity index is 2120. The van der Waals surface area contributed by atoms with E-state index < -0.39 is 21.7 Å². The highest BCUT2D eigenvalue weighted by molar-refractivity contribution is 7.92. The minimum Gasteiger partial charge on any atom is -0.490 e. The van der Waals surface area contributed by atoms with Crippen LogP contribution in [0.3, 0.4) is 0 Å². The standard InChI is InChI=1S/C41H50ClN5O6S/c1-26-8-6-10-36(52-5)32-14-11-29(32)22-47-24-41(17-7-9-27-18-31(42)13-15-33(27)41)25-53-37-16-12-28(19-34(37)47)38(48)43-54(51,23-26)44-39(49)30-20-35(46(4)21-30)40(50)45(2)3/h6,10,12-13,15-16,18-21,26,29,32,36H,7-9,11,14,17,22-25H2,1-5H3,(H,43,44,48,49,51)/b10-6-/t26-,29-,32+,36-,41-,54?/m0/s1. The van der Waals surface area contributed by atoms with Gasteiger partial charge in [0, 0.05) is 63.5 Å². The van der Waals surface area contributed by atoms with Gasteiger partial charge >= 0.3 is 0 Å². The van der Waals surface area contributed by atoms with Crippen LogP contribution < -0.4 is 14.4 Å². The van der Waals surface area contributed by atoms with E-state index in [0.717, 1.165) is 49.4 Å². The fourth-order valence-electron chi connectivity index (χ4n) is 8.70. The Kier molecular flexibility index (Phi) is 10.7. The van der Waals surface area contributed by atoms with Crippen molar-refractivity contribution in [2.45, 2.75) is 57.0 Å². The first-order chi connectivity index (χ1) is 25.8. The molecule has 2 aromatic carbocycles. The molecule has 1 spiro atoms. The number of hydrogen-bond donors (Lipinski definition) is 1. The van der Waals surface area contributed by atoms with Gasteiger partial charge in [-0.1, -0.05) is 36.7 Å². The van der Waals surface area contributed by atoms with Gasteiger partial charge in [0.15, 0.2) is 0 Å². The van der Waals surface area contributed by atoms with Crippen LogP contribution in [0.4, 0.5) is 5.69 Å². The van der Waals surface area contributed by atoms with Crippen LogP contribution in [0.2, 0.25) is 5.02 Å². The molecule has 2 aliphatic carbocycles. The molecule has 288 valence electrons. The first kappa shape index (κ1) is 38.2. The predicted molar refractivity (Wildman–Crippen MR) is 211 cm³/mol. The number of aryl methyl sites for hydroxylation is 2. The number of benzene rings is 2. The molecule has 7 rings (SSSR count). The lowest BCUT2D eigenvalue weighted by Crippen LogP contribution is -2.49. The van der Waals surface area contributed by atoms with Crippen molar-refractivity contribution in [2.24, 2.45) is 29.2 Å². The molecule has 13 heteroatoms. The Hall–Kier alpha value is -4.13. The van der Waals surface area contributed by atoms with Gasteiger partial charge in [0.05, 0.1) is 29.7 Å². The SMILES string of the molecule is CO[C@H]1/C=C\C[C@H](C)CS(=O)(NC(=O)c2cc(C(=O)N(C)C)n(C)c2)=NC(=O)c2ccc3c(c2)N(C[C@@H]2CC[C@H]21)C[C@@]1(CCCc2cc(Cl)ccc21)CO3. The predicted octanol–water partition coefficient (Wildman–Crippen LogP) is 6.44. The quantitative estimate of drug-likeness (QED) is 0.303. The fraction of sp³-hybridized carbons (Fsp3) is 0.488. The number of carbonyl (C=O) groups is 3. The van der Waals surface area contributed by atoms with E-state index in [-0.39, 0.29) is 40.2 Å². The second kappa shape index (κ2) is 15.2. The van der Waals surface area contributed by atoms with Crippen LogP contribution >= 0.6 is 11.6 Å². The summed E-state index contributed by atoms with van der Waals surface area (Å²) >= 11 is 6.46. The number of nitrogens with one attached hydrogen (secondary N) is 1. The molecule has 1 N–H and O–H groups in total. The van der Waals surface area contributed by atoms with Gasteiger partial charge in [-0.2, -0.15) is 0 Å². The summed E-state index contributed by atoms with van der Waals surface area (Å²) in [5, 5.41) is 0.728. The summed E-state index contributed by atoms with van der Waals surface area (Å²) in [6, 6.07) is 12.9. The summed E-state index contributed by atoms with van der Waals surface area (Å²) in [7, 11) is 3.04.